The molecule has 0 aromatic heterocycles. The van der Waals surface area contributed by atoms with Crippen molar-refractivity contribution in [3.63, 3.8) is 0 Å². The maximum absolute atomic E-state index is 13.6. The number of benzene rings is 1. The Morgan fingerprint density at radius 3 is 2.65 bits per heavy atom. The molecule has 92 valence electrons. The molecule has 3 nitrogen and oxygen atoms in total. The van der Waals surface area contributed by atoms with Gasteiger partial charge < -0.3 is 9.47 Å². The van der Waals surface area contributed by atoms with Gasteiger partial charge in [-0.05, 0) is 24.6 Å². The lowest BCUT2D eigenvalue weighted by Crippen LogP contribution is -2.48. The average molecular weight is 238 g/mol. The van der Waals surface area contributed by atoms with Crippen LogP contribution < -0.4 is 4.74 Å². The molecular weight excluding hydrogens is 223 g/mol. The fourth-order valence-corrected chi connectivity index (χ4v) is 2.19. The zero-order chi connectivity index (χ0) is 12.5. The maximum atomic E-state index is 13.6. The molecule has 2 rings (SSSR count). The minimum absolute atomic E-state index is 0.0875. The molecule has 0 amide bonds. The van der Waals surface area contributed by atoms with Gasteiger partial charge in [0.05, 0.1) is 20.3 Å². The molecular formula is C13H15FO3. The van der Waals surface area contributed by atoms with E-state index >= 15 is 0 Å². The molecule has 0 aliphatic carbocycles. The number of hydrogen-bond donors (Lipinski definition) is 0. The number of Topliss-reactive ketones (excluding diaryl/α,β-unsaturated/α-hetero) is 1. The van der Waals surface area contributed by atoms with Gasteiger partial charge in [-0.15, -0.1) is 0 Å². The van der Waals surface area contributed by atoms with Gasteiger partial charge in [0, 0.05) is 11.8 Å². The SMILES string of the molecule is COc1ccc(C2(CC(C)=O)COC2)cc1F. The first-order valence-corrected chi connectivity index (χ1v) is 5.49. The predicted molar refractivity (Wildman–Crippen MR) is 60.7 cm³/mol. The number of hydrogen-bond acceptors (Lipinski definition) is 3. The monoisotopic (exact) mass is 238 g/mol. The van der Waals surface area contributed by atoms with E-state index in [1.165, 1.54) is 13.2 Å². The van der Waals surface area contributed by atoms with Crippen molar-refractivity contribution in [2.24, 2.45) is 0 Å². The van der Waals surface area contributed by atoms with Crippen LogP contribution in [0, 0.1) is 5.82 Å². The van der Waals surface area contributed by atoms with Crippen LogP contribution in [0.25, 0.3) is 0 Å². The third-order valence-corrected chi connectivity index (χ3v) is 3.11. The van der Waals surface area contributed by atoms with Crippen molar-refractivity contribution in [2.45, 2.75) is 18.8 Å². The smallest absolute Gasteiger partial charge is 0.165 e. The van der Waals surface area contributed by atoms with Crippen molar-refractivity contribution in [3.8, 4) is 5.75 Å². The Morgan fingerprint density at radius 2 is 2.24 bits per heavy atom. The summed E-state index contributed by atoms with van der Waals surface area (Å²) in [7, 11) is 1.43. The number of ketones is 1. The number of carbonyl (C=O) groups excluding carboxylic acids is 1. The summed E-state index contributed by atoms with van der Waals surface area (Å²) < 4.78 is 23.7. The second-order valence-corrected chi connectivity index (χ2v) is 4.50. The molecule has 1 heterocycles. The first kappa shape index (κ1) is 12.0. The zero-order valence-electron chi connectivity index (χ0n) is 9.96. The summed E-state index contributed by atoms with van der Waals surface area (Å²) in [6.45, 7) is 2.48. The van der Waals surface area contributed by atoms with Gasteiger partial charge in [0.15, 0.2) is 11.6 Å². The number of halogens is 1. The van der Waals surface area contributed by atoms with Gasteiger partial charge in [-0.2, -0.15) is 0 Å². The molecule has 0 spiro atoms. The summed E-state index contributed by atoms with van der Waals surface area (Å²) in [4.78, 5) is 11.3. The summed E-state index contributed by atoms with van der Waals surface area (Å²) in [6, 6.07) is 4.82. The van der Waals surface area contributed by atoms with E-state index in [-0.39, 0.29) is 16.9 Å². The Kier molecular flexibility index (Phi) is 3.15. The van der Waals surface area contributed by atoms with Crippen LogP contribution in [-0.4, -0.2) is 26.1 Å². The highest BCUT2D eigenvalue weighted by atomic mass is 19.1. The second-order valence-electron chi connectivity index (χ2n) is 4.50. The van der Waals surface area contributed by atoms with E-state index in [9.17, 15) is 9.18 Å². The Hall–Kier alpha value is -1.42. The highest BCUT2D eigenvalue weighted by Gasteiger charge is 2.41. The normalized spacial score (nSPS) is 17.4. The Bertz CT molecular complexity index is 438. The quantitative estimate of drug-likeness (QED) is 0.805. The average Bonchev–Trinajstić information content (AvgIpc) is 2.23. The molecule has 1 aromatic rings. The van der Waals surface area contributed by atoms with Gasteiger partial charge in [-0.3, -0.25) is 4.79 Å². The highest BCUT2D eigenvalue weighted by Crippen LogP contribution is 2.37. The molecule has 0 saturated carbocycles. The van der Waals surface area contributed by atoms with Gasteiger partial charge in [0.25, 0.3) is 0 Å². The van der Waals surface area contributed by atoms with Crippen LogP contribution in [0.15, 0.2) is 18.2 Å². The molecule has 4 heteroatoms. The van der Waals surface area contributed by atoms with Gasteiger partial charge in [0.1, 0.15) is 5.78 Å². The minimum atomic E-state index is -0.403. The van der Waals surface area contributed by atoms with Crippen molar-refractivity contribution in [2.75, 3.05) is 20.3 Å². The summed E-state index contributed by atoms with van der Waals surface area (Å²) in [5, 5.41) is 0. The first-order valence-electron chi connectivity index (χ1n) is 5.49. The summed E-state index contributed by atoms with van der Waals surface area (Å²) in [6.07, 6.45) is 0.388. The Labute approximate surface area is 99.5 Å². The van der Waals surface area contributed by atoms with Crippen LogP contribution >= 0.6 is 0 Å². The summed E-state index contributed by atoms with van der Waals surface area (Å²) in [5.41, 5.74) is 0.455. The lowest BCUT2D eigenvalue weighted by molar-refractivity contribution is -0.125. The molecule has 1 aliphatic heterocycles. The van der Waals surface area contributed by atoms with Gasteiger partial charge >= 0.3 is 0 Å². The van der Waals surface area contributed by atoms with Crippen LogP contribution in [0.4, 0.5) is 4.39 Å². The molecule has 1 fully saturated rings. The lowest BCUT2D eigenvalue weighted by Gasteiger charge is -2.41. The number of rotatable bonds is 4. The van der Waals surface area contributed by atoms with Gasteiger partial charge in [-0.25, -0.2) is 4.39 Å². The summed E-state index contributed by atoms with van der Waals surface area (Å²) in [5.74, 6) is -0.101. The number of methoxy groups -OCH3 is 1. The lowest BCUT2D eigenvalue weighted by atomic mass is 9.75. The van der Waals surface area contributed by atoms with E-state index in [0.29, 0.717) is 19.6 Å². The van der Waals surface area contributed by atoms with Crippen molar-refractivity contribution < 1.29 is 18.7 Å². The van der Waals surface area contributed by atoms with Crippen molar-refractivity contribution >= 4 is 5.78 Å². The molecule has 17 heavy (non-hydrogen) atoms. The molecule has 0 radical (unpaired) electrons. The fraction of sp³-hybridized carbons (Fsp3) is 0.462. The Morgan fingerprint density at radius 1 is 1.53 bits per heavy atom. The van der Waals surface area contributed by atoms with Crippen LogP contribution in [0.2, 0.25) is 0 Å². The van der Waals surface area contributed by atoms with Crippen molar-refractivity contribution in [3.05, 3.63) is 29.6 Å². The number of ether oxygens (including phenoxy) is 2. The predicted octanol–water partition coefficient (Wildman–Crippen LogP) is 2.08. The van der Waals surface area contributed by atoms with Gasteiger partial charge in [0.2, 0.25) is 0 Å². The maximum Gasteiger partial charge on any atom is 0.165 e. The van der Waals surface area contributed by atoms with E-state index in [4.69, 9.17) is 9.47 Å². The Balaban J connectivity index is 2.31. The van der Waals surface area contributed by atoms with E-state index in [1.54, 1.807) is 19.1 Å². The molecule has 1 saturated heterocycles. The molecule has 1 aromatic carbocycles. The number of carbonyl (C=O) groups is 1. The van der Waals surface area contributed by atoms with E-state index in [1.807, 2.05) is 0 Å². The van der Waals surface area contributed by atoms with Crippen LogP contribution in [0.5, 0.6) is 5.75 Å². The second kappa shape index (κ2) is 4.45. The summed E-state index contributed by atoms with van der Waals surface area (Å²) >= 11 is 0. The first-order chi connectivity index (χ1) is 8.07. The van der Waals surface area contributed by atoms with Crippen LogP contribution in [0.3, 0.4) is 0 Å². The van der Waals surface area contributed by atoms with E-state index < -0.39 is 5.82 Å². The topological polar surface area (TPSA) is 35.5 Å². The van der Waals surface area contributed by atoms with E-state index in [0.717, 1.165) is 5.56 Å². The molecule has 0 bridgehead atoms. The van der Waals surface area contributed by atoms with Crippen molar-refractivity contribution in [1.29, 1.82) is 0 Å². The molecule has 0 unspecified atom stereocenters. The van der Waals surface area contributed by atoms with Gasteiger partial charge in [-0.1, -0.05) is 6.07 Å². The van der Waals surface area contributed by atoms with Crippen LogP contribution in [-0.2, 0) is 14.9 Å². The van der Waals surface area contributed by atoms with Crippen molar-refractivity contribution in [1.82, 2.24) is 0 Å². The highest BCUT2D eigenvalue weighted by molar-refractivity contribution is 5.77. The molecule has 0 atom stereocenters. The largest absolute Gasteiger partial charge is 0.494 e. The fourth-order valence-electron chi connectivity index (χ4n) is 2.19. The molecule has 0 N–H and O–H groups in total. The third kappa shape index (κ3) is 2.17. The van der Waals surface area contributed by atoms with Crippen LogP contribution in [0.1, 0.15) is 18.9 Å². The standard InChI is InChI=1S/C13H15FO3/c1-9(15)6-13(7-17-8-13)10-3-4-12(16-2)11(14)5-10/h3-5H,6-8H2,1-2H3. The zero-order valence-corrected chi connectivity index (χ0v) is 9.96. The minimum Gasteiger partial charge on any atom is -0.494 e. The molecule has 1 aliphatic rings. The third-order valence-electron chi connectivity index (χ3n) is 3.11. The van der Waals surface area contributed by atoms with E-state index in [2.05, 4.69) is 0 Å².